The van der Waals surface area contributed by atoms with Gasteiger partial charge in [-0.1, -0.05) is 13.8 Å². The number of aromatic nitrogens is 2. The number of aryl methyl sites for hydroxylation is 1. The summed E-state index contributed by atoms with van der Waals surface area (Å²) < 4.78 is 7.02. The topological polar surface area (TPSA) is 87.7 Å². The first-order valence-electron chi connectivity index (χ1n) is 8.64. The molecule has 2 heterocycles. The molecular weight excluding hydrogens is 459 g/mol. The molecule has 27 heavy (non-hydrogen) atoms. The lowest BCUT2D eigenvalue weighted by atomic mass is 10.1. The quantitative estimate of drug-likeness (QED) is 0.354. The first-order valence-corrected chi connectivity index (χ1v) is 8.64. The third-order valence-corrected chi connectivity index (χ3v) is 3.91. The Labute approximate surface area is 177 Å². The van der Waals surface area contributed by atoms with Crippen molar-refractivity contribution in [2.24, 2.45) is 12.0 Å². The van der Waals surface area contributed by atoms with Crippen LogP contribution in [0.3, 0.4) is 0 Å². The molecule has 0 aliphatic carbocycles. The number of rotatable bonds is 7. The molecule has 0 spiro atoms. The molecular formula is C18H29IN6O2. The highest BCUT2D eigenvalue weighted by Crippen LogP contribution is 2.18. The molecule has 2 rings (SSSR count). The highest BCUT2D eigenvalue weighted by atomic mass is 127. The molecule has 0 fully saturated rings. The average Bonchev–Trinajstić information content (AvgIpc) is 3.23. The van der Waals surface area contributed by atoms with E-state index in [2.05, 4.69) is 34.6 Å². The van der Waals surface area contributed by atoms with Crippen molar-refractivity contribution >= 4 is 35.8 Å². The van der Waals surface area contributed by atoms with Crippen molar-refractivity contribution in [2.45, 2.75) is 32.9 Å². The molecule has 0 bridgehead atoms. The molecule has 2 N–H and O–H groups in total. The Bertz CT molecular complexity index is 739. The minimum atomic E-state index is -0.125. The second-order valence-corrected chi connectivity index (χ2v) is 6.48. The van der Waals surface area contributed by atoms with Crippen LogP contribution in [0, 0.1) is 0 Å². The van der Waals surface area contributed by atoms with E-state index in [4.69, 9.17) is 4.42 Å². The van der Waals surface area contributed by atoms with Crippen LogP contribution in [0.1, 0.15) is 36.8 Å². The number of halogens is 1. The molecule has 9 heteroatoms. The fraction of sp³-hybridized carbons (Fsp3) is 0.500. The number of hydrogen-bond acceptors (Lipinski definition) is 4. The zero-order valence-corrected chi connectivity index (χ0v) is 18.9. The van der Waals surface area contributed by atoms with E-state index in [-0.39, 0.29) is 36.4 Å². The third-order valence-electron chi connectivity index (χ3n) is 3.91. The molecule has 2 aromatic rings. The van der Waals surface area contributed by atoms with Crippen LogP contribution in [-0.4, -0.2) is 47.2 Å². The first-order chi connectivity index (χ1) is 12.4. The minimum Gasteiger partial charge on any atom is -0.467 e. The van der Waals surface area contributed by atoms with Crippen LogP contribution in [0.2, 0.25) is 0 Å². The highest BCUT2D eigenvalue weighted by Gasteiger charge is 2.15. The van der Waals surface area contributed by atoms with Gasteiger partial charge in [0.2, 0.25) is 5.91 Å². The summed E-state index contributed by atoms with van der Waals surface area (Å²) in [5.41, 5.74) is 2.22. The largest absolute Gasteiger partial charge is 0.467 e. The summed E-state index contributed by atoms with van der Waals surface area (Å²) in [6.07, 6.45) is 3.61. The molecule has 0 saturated heterocycles. The van der Waals surface area contributed by atoms with Crippen LogP contribution in [0.5, 0.6) is 0 Å². The molecule has 0 aromatic carbocycles. The maximum atomic E-state index is 12.0. The summed E-state index contributed by atoms with van der Waals surface area (Å²) in [4.78, 5) is 18.2. The van der Waals surface area contributed by atoms with Crippen LogP contribution in [0.4, 0.5) is 0 Å². The normalized spacial score (nSPS) is 11.3. The van der Waals surface area contributed by atoms with E-state index in [0.29, 0.717) is 25.0 Å². The number of hydrogen-bond donors (Lipinski definition) is 2. The predicted molar refractivity (Wildman–Crippen MR) is 116 cm³/mol. The van der Waals surface area contributed by atoms with Crippen LogP contribution in [-0.2, 0) is 24.9 Å². The van der Waals surface area contributed by atoms with Crippen molar-refractivity contribution in [3.63, 3.8) is 0 Å². The van der Waals surface area contributed by atoms with Gasteiger partial charge < -0.3 is 20.0 Å². The molecule has 0 aliphatic heterocycles. The smallest absolute Gasteiger partial charge is 0.239 e. The van der Waals surface area contributed by atoms with Crippen LogP contribution in [0.15, 0.2) is 34.0 Å². The van der Waals surface area contributed by atoms with E-state index in [1.165, 1.54) is 0 Å². The first kappa shape index (κ1) is 23.0. The van der Waals surface area contributed by atoms with Gasteiger partial charge in [0, 0.05) is 39.4 Å². The predicted octanol–water partition coefficient (Wildman–Crippen LogP) is 2.08. The van der Waals surface area contributed by atoms with Gasteiger partial charge >= 0.3 is 0 Å². The standard InChI is InChI=1S/C18H28N6O2.HI/c1-13(2)17-14(12-24(5)22-17)11-23(4)18(19-3)21-10-16(25)20-9-15-7-6-8-26-15;/h6-8,12-13H,9-11H2,1-5H3,(H,19,21)(H,20,25);1H. The van der Waals surface area contributed by atoms with Crippen LogP contribution >= 0.6 is 24.0 Å². The molecule has 0 saturated carbocycles. The van der Waals surface area contributed by atoms with Crippen LogP contribution in [0.25, 0.3) is 0 Å². The Balaban J connectivity index is 0.00000364. The number of carbonyl (C=O) groups excluding carboxylic acids is 1. The number of aliphatic imine (C=N–C) groups is 1. The summed E-state index contributed by atoms with van der Waals surface area (Å²) in [5.74, 6) is 1.59. The Morgan fingerprint density at radius 3 is 2.74 bits per heavy atom. The third kappa shape index (κ3) is 6.89. The lowest BCUT2D eigenvalue weighted by molar-refractivity contribution is -0.120. The Morgan fingerprint density at radius 1 is 1.41 bits per heavy atom. The van der Waals surface area contributed by atoms with E-state index in [1.807, 2.05) is 35.9 Å². The summed E-state index contributed by atoms with van der Waals surface area (Å²) >= 11 is 0. The Hall–Kier alpha value is -2.04. The van der Waals surface area contributed by atoms with E-state index < -0.39 is 0 Å². The van der Waals surface area contributed by atoms with Gasteiger partial charge in [-0.25, -0.2) is 0 Å². The average molecular weight is 488 g/mol. The molecule has 0 aliphatic rings. The van der Waals surface area contributed by atoms with E-state index in [9.17, 15) is 4.79 Å². The van der Waals surface area contributed by atoms with E-state index in [0.717, 1.165) is 17.0 Å². The summed E-state index contributed by atoms with van der Waals surface area (Å²) in [7, 11) is 5.56. The SMILES string of the molecule is CN=C(NCC(=O)NCc1ccco1)N(C)Cc1cn(C)nc1C(C)C.I. The maximum Gasteiger partial charge on any atom is 0.239 e. The number of guanidine groups is 1. The van der Waals surface area contributed by atoms with Crippen molar-refractivity contribution in [1.82, 2.24) is 25.3 Å². The fourth-order valence-electron chi connectivity index (χ4n) is 2.70. The number of carbonyl (C=O) groups is 1. The second-order valence-electron chi connectivity index (χ2n) is 6.48. The molecule has 1 amide bonds. The summed E-state index contributed by atoms with van der Waals surface area (Å²) in [6, 6.07) is 3.61. The second kappa shape index (κ2) is 11.0. The van der Waals surface area contributed by atoms with Crippen molar-refractivity contribution in [2.75, 3.05) is 20.6 Å². The van der Waals surface area contributed by atoms with Crippen molar-refractivity contribution < 1.29 is 9.21 Å². The van der Waals surface area contributed by atoms with Gasteiger partial charge in [0.05, 0.1) is 25.0 Å². The van der Waals surface area contributed by atoms with Gasteiger partial charge in [0.25, 0.3) is 0 Å². The molecule has 0 atom stereocenters. The Kier molecular flexibility index (Phi) is 9.33. The van der Waals surface area contributed by atoms with Gasteiger partial charge in [-0.15, -0.1) is 24.0 Å². The van der Waals surface area contributed by atoms with Gasteiger partial charge in [0.15, 0.2) is 5.96 Å². The van der Waals surface area contributed by atoms with Gasteiger partial charge in [0.1, 0.15) is 5.76 Å². The molecule has 0 unspecified atom stereocenters. The maximum absolute atomic E-state index is 12.0. The number of nitrogens with one attached hydrogen (secondary N) is 2. The lowest BCUT2D eigenvalue weighted by Gasteiger charge is -2.22. The highest BCUT2D eigenvalue weighted by molar-refractivity contribution is 14.0. The number of nitrogens with zero attached hydrogens (tertiary/aromatic N) is 4. The Morgan fingerprint density at radius 2 is 2.15 bits per heavy atom. The fourth-order valence-corrected chi connectivity index (χ4v) is 2.70. The minimum absolute atomic E-state index is 0. The van der Waals surface area contributed by atoms with E-state index >= 15 is 0 Å². The number of amides is 1. The van der Waals surface area contributed by atoms with Crippen LogP contribution < -0.4 is 10.6 Å². The molecule has 150 valence electrons. The van der Waals surface area contributed by atoms with Gasteiger partial charge in [-0.3, -0.25) is 14.5 Å². The molecule has 2 aromatic heterocycles. The summed E-state index contributed by atoms with van der Waals surface area (Å²) in [6.45, 7) is 5.43. The zero-order valence-electron chi connectivity index (χ0n) is 16.5. The number of furan rings is 1. The monoisotopic (exact) mass is 488 g/mol. The lowest BCUT2D eigenvalue weighted by Crippen LogP contribution is -2.43. The van der Waals surface area contributed by atoms with Crippen molar-refractivity contribution in [3.05, 3.63) is 41.6 Å². The zero-order chi connectivity index (χ0) is 19.1. The molecule has 0 radical (unpaired) electrons. The van der Waals surface area contributed by atoms with Gasteiger partial charge in [-0.2, -0.15) is 5.10 Å². The summed E-state index contributed by atoms with van der Waals surface area (Å²) in [5, 5.41) is 10.4. The van der Waals surface area contributed by atoms with Crippen molar-refractivity contribution in [3.8, 4) is 0 Å². The van der Waals surface area contributed by atoms with Gasteiger partial charge in [-0.05, 0) is 18.1 Å². The van der Waals surface area contributed by atoms with Crippen molar-refractivity contribution in [1.29, 1.82) is 0 Å². The molecule has 8 nitrogen and oxygen atoms in total. The van der Waals surface area contributed by atoms with E-state index in [1.54, 1.807) is 19.4 Å².